The first-order valence-corrected chi connectivity index (χ1v) is 7.46. The highest BCUT2D eigenvalue weighted by Gasteiger charge is 2.12. The van der Waals surface area contributed by atoms with Gasteiger partial charge in [0.2, 0.25) is 0 Å². The fourth-order valence-corrected chi connectivity index (χ4v) is 2.63. The number of aryl methyl sites for hydroxylation is 2. The van der Waals surface area contributed by atoms with Crippen molar-refractivity contribution in [1.29, 1.82) is 0 Å². The highest BCUT2D eigenvalue weighted by atomic mass is 16.5. The summed E-state index contributed by atoms with van der Waals surface area (Å²) in [5, 5.41) is 4.06. The Morgan fingerprint density at radius 3 is 2.52 bits per heavy atom. The molecule has 116 valence electrons. The molecule has 0 unspecified atom stereocenters. The maximum atomic E-state index is 12.2. The van der Waals surface area contributed by atoms with E-state index in [0.717, 1.165) is 28.5 Å². The van der Waals surface area contributed by atoms with Crippen LogP contribution in [0.2, 0.25) is 0 Å². The van der Waals surface area contributed by atoms with Gasteiger partial charge in [0, 0.05) is 23.0 Å². The van der Waals surface area contributed by atoms with Gasteiger partial charge in [0.1, 0.15) is 5.76 Å². The average Bonchev–Trinajstić information content (AvgIpc) is 3.09. The van der Waals surface area contributed by atoms with Gasteiger partial charge >= 0.3 is 0 Å². The quantitative estimate of drug-likeness (QED) is 0.534. The van der Waals surface area contributed by atoms with Gasteiger partial charge in [-0.25, -0.2) is 0 Å². The van der Waals surface area contributed by atoms with Crippen molar-refractivity contribution >= 4 is 11.9 Å². The van der Waals surface area contributed by atoms with Gasteiger partial charge in [-0.3, -0.25) is 9.36 Å². The minimum atomic E-state index is -0.00677. The number of rotatable bonds is 4. The highest BCUT2D eigenvalue weighted by molar-refractivity contribution is 6.06. The molecule has 0 aliphatic carbocycles. The third-order valence-electron chi connectivity index (χ3n) is 3.79. The molecular formula is C19H18N2O2. The molecule has 0 fully saturated rings. The number of carbonyl (C=O) groups is 1. The fourth-order valence-electron chi connectivity index (χ4n) is 2.63. The van der Waals surface area contributed by atoms with Crippen LogP contribution in [0.4, 0.5) is 0 Å². The predicted octanol–water partition coefficient (Wildman–Crippen LogP) is 4.29. The number of allylic oxidation sites excluding steroid dienone is 1. The molecule has 0 amide bonds. The van der Waals surface area contributed by atoms with Crippen LogP contribution in [0.3, 0.4) is 0 Å². The summed E-state index contributed by atoms with van der Waals surface area (Å²) >= 11 is 0. The number of carbonyl (C=O) groups excluding carboxylic acids is 1. The van der Waals surface area contributed by atoms with Crippen LogP contribution < -0.4 is 0 Å². The first-order valence-electron chi connectivity index (χ1n) is 7.46. The van der Waals surface area contributed by atoms with Crippen molar-refractivity contribution in [1.82, 2.24) is 9.72 Å². The number of hydrogen-bond donors (Lipinski definition) is 0. The van der Waals surface area contributed by atoms with E-state index in [1.54, 1.807) is 6.08 Å². The molecule has 2 aromatic heterocycles. The standard InChI is InChI=1S/C19H18N2O2/c1-13-11-17(9-10-18(22)16-7-5-4-6-8-16)15(3)21(13)19-12-14(2)23-20-19/h4-12H,1-3H3/b10-9+. The van der Waals surface area contributed by atoms with Gasteiger partial charge in [0.25, 0.3) is 0 Å². The van der Waals surface area contributed by atoms with E-state index >= 15 is 0 Å². The summed E-state index contributed by atoms with van der Waals surface area (Å²) < 4.78 is 7.17. The van der Waals surface area contributed by atoms with Crippen LogP contribution >= 0.6 is 0 Å². The summed E-state index contributed by atoms with van der Waals surface area (Å²) in [6, 6.07) is 13.2. The topological polar surface area (TPSA) is 48.0 Å². The lowest BCUT2D eigenvalue weighted by molar-refractivity contribution is 0.104. The Morgan fingerprint density at radius 1 is 1.13 bits per heavy atom. The second-order valence-corrected chi connectivity index (χ2v) is 5.52. The zero-order valence-electron chi connectivity index (χ0n) is 13.4. The zero-order valence-corrected chi connectivity index (χ0v) is 13.4. The largest absolute Gasteiger partial charge is 0.360 e. The molecule has 23 heavy (non-hydrogen) atoms. The number of aromatic nitrogens is 2. The summed E-state index contributed by atoms with van der Waals surface area (Å²) in [4.78, 5) is 12.2. The molecule has 3 aromatic rings. The van der Waals surface area contributed by atoms with Crippen molar-refractivity contribution in [3.05, 3.63) is 76.8 Å². The smallest absolute Gasteiger partial charge is 0.185 e. The maximum Gasteiger partial charge on any atom is 0.185 e. The summed E-state index contributed by atoms with van der Waals surface area (Å²) in [5.74, 6) is 1.52. The molecular weight excluding hydrogens is 288 g/mol. The van der Waals surface area contributed by atoms with Crippen LogP contribution in [0.15, 0.2) is 53.1 Å². The molecule has 0 bridgehead atoms. The third kappa shape index (κ3) is 3.01. The van der Waals surface area contributed by atoms with Crippen molar-refractivity contribution in [2.24, 2.45) is 0 Å². The molecule has 0 N–H and O–H groups in total. The Kier molecular flexibility index (Phi) is 3.98. The van der Waals surface area contributed by atoms with Gasteiger partial charge in [-0.05, 0) is 44.6 Å². The zero-order chi connectivity index (χ0) is 16.4. The molecule has 0 saturated carbocycles. The lowest BCUT2D eigenvalue weighted by atomic mass is 10.1. The first kappa shape index (κ1) is 15.0. The molecule has 0 aliphatic rings. The first-order chi connectivity index (χ1) is 11.1. The number of hydrogen-bond acceptors (Lipinski definition) is 3. The molecule has 0 aliphatic heterocycles. The molecule has 1 aromatic carbocycles. The predicted molar refractivity (Wildman–Crippen MR) is 89.8 cm³/mol. The summed E-state index contributed by atoms with van der Waals surface area (Å²) in [7, 11) is 0. The van der Waals surface area contributed by atoms with Crippen LogP contribution in [0.25, 0.3) is 11.9 Å². The number of benzene rings is 1. The number of ketones is 1. The SMILES string of the molecule is Cc1cc(-n2c(C)cc(/C=C/C(=O)c3ccccc3)c2C)no1. The van der Waals surface area contributed by atoms with E-state index in [4.69, 9.17) is 4.52 Å². The van der Waals surface area contributed by atoms with E-state index in [0.29, 0.717) is 5.56 Å². The molecule has 0 saturated heterocycles. The second-order valence-electron chi connectivity index (χ2n) is 5.52. The maximum absolute atomic E-state index is 12.2. The van der Waals surface area contributed by atoms with Gasteiger partial charge in [0.05, 0.1) is 0 Å². The van der Waals surface area contributed by atoms with Crippen LogP contribution in [-0.2, 0) is 0 Å². The summed E-state index contributed by atoms with van der Waals surface area (Å²) in [5.41, 5.74) is 3.74. The van der Waals surface area contributed by atoms with Crippen molar-refractivity contribution in [3.8, 4) is 5.82 Å². The van der Waals surface area contributed by atoms with Crippen molar-refractivity contribution in [2.75, 3.05) is 0 Å². The summed E-state index contributed by atoms with van der Waals surface area (Å²) in [6.45, 7) is 5.88. The van der Waals surface area contributed by atoms with Gasteiger partial charge in [0.15, 0.2) is 11.6 Å². The Hall–Kier alpha value is -2.88. The molecule has 0 atom stereocenters. The van der Waals surface area contributed by atoms with Crippen molar-refractivity contribution in [3.63, 3.8) is 0 Å². The number of nitrogens with zero attached hydrogens (tertiary/aromatic N) is 2. The summed E-state index contributed by atoms with van der Waals surface area (Å²) in [6.07, 6.45) is 3.45. The molecule has 4 heteroatoms. The molecule has 0 radical (unpaired) electrons. The lowest BCUT2D eigenvalue weighted by Crippen LogP contribution is -1.99. The van der Waals surface area contributed by atoms with E-state index in [9.17, 15) is 4.79 Å². The van der Waals surface area contributed by atoms with E-state index in [1.165, 1.54) is 0 Å². The lowest BCUT2D eigenvalue weighted by Gasteiger charge is -2.03. The van der Waals surface area contributed by atoms with Crippen LogP contribution in [0, 0.1) is 20.8 Å². The molecule has 3 rings (SSSR count). The van der Waals surface area contributed by atoms with Gasteiger partial charge in [-0.1, -0.05) is 35.5 Å². The van der Waals surface area contributed by atoms with E-state index in [-0.39, 0.29) is 5.78 Å². The van der Waals surface area contributed by atoms with Gasteiger partial charge in [-0.2, -0.15) is 0 Å². The molecule has 2 heterocycles. The van der Waals surface area contributed by atoms with E-state index in [1.807, 2.05) is 73.9 Å². The van der Waals surface area contributed by atoms with E-state index < -0.39 is 0 Å². The average molecular weight is 306 g/mol. The fraction of sp³-hybridized carbons (Fsp3) is 0.158. The third-order valence-corrected chi connectivity index (χ3v) is 3.79. The van der Waals surface area contributed by atoms with Crippen molar-refractivity contribution < 1.29 is 9.32 Å². The second kappa shape index (κ2) is 6.08. The van der Waals surface area contributed by atoms with Crippen molar-refractivity contribution in [2.45, 2.75) is 20.8 Å². The van der Waals surface area contributed by atoms with Crippen LogP contribution in [0.1, 0.15) is 33.1 Å². The Morgan fingerprint density at radius 2 is 1.87 bits per heavy atom. The van der Waals surface area contributed by atoms with Gasteiger partial charge < -0.3 is 4.52 Å². The molecule has 0 spiro atoms. The van der Waals surface area contributed by atoms with E-state index in [2.05, 4.69) is 5.16 Å². The minimum absolute atomic E-state index is 0.00677. The van der Waals surface area contributed by atoms with Crippen LogP contribution in [-0.4, -0.2) is 15.5 Å². The highest BCUT2D eigenvalue weighted by Crippen LogP contribution is 2.21. The minimum Gasteiger partial charge on any atom is -0.360 e. The Labute approximate surface area is 135 Å². The van der Waals surface area contributed by atoms with Gasteiger partial charge in [-0.15, -0.1) is 0 Å². The molecule has 4 nitrogen and oxygen atoms in total. The van der Waals surface area contributed by atoms with Crippen LogP contribution in [0.5, 0.6) is 0 Å². The monoisotopic (exact) mass is 306 g/mol. The Bertz CT molecular complexity index is 870. The Balaban J connectivity index is 1.90. The normalized spacial score (nSPS) is 11.3.